The highest BCUT2D eigenvalue weighted by molar-refractivity contribution is 5.27. The summed E-state index contributed by atoms with van der Waals surface area (Å²) in [7, 11) is 0. The van der Waals surface area contributed by atoms with E-state index in [9.17, 15) is 8.78 Å². The molecule has 1 heterocycles. The molecule has 21 heavy (non-hydrogen) atoms. The van der Waals surface area contributed by atoms with Crippen LogP contribution in [0.3, 0.4) is 0 Å². The maximum absolute atomic E-state index is 12.1. The van der Waals surface area contributed by atoms with Crippen molar-refractivity contribution in [2.24, 2.45) is 17.6 Å². The number of rotatable bonds is 4. The minimum Gasteiger partial charge on any atom is -0.435 e. The van der Waals surface area contributed by atoms with Crippen LogP contribution >= 0.6 is 0 Å². The molecule has 0 spiro atoms. The van der Waals surface area contributed by atoms with Crippen molar-refractivity contribution >= 4 is 0 Å². The third kappa shape index (κ3) is 3.52. The van der Waals surface area contributed by atoms with Crippen molar-refractivity contribution < 1.29 is 13.5 Å². The summed E-state index contributed by atoms with van der Waals surface area (Å²) in [6.07, 6.45) is 3.68. The van der Waals surface area contributed by atoms with Gasteiger partial charge in [-0.2, -0.15) is 8.78 Å². The Balaban J connectivity index is 1.57. The van der Waals surface area contributed by atoms with E-state index in [1.54, 1.807) is 12.1 Å². The number of benzene rings is 1. The Morgan fingerprint density at radius 3 is 2.62 bits per heavy atom. The molecule has 3 unspecified atom stereocenters. The fourth-order valence-electron chi connectivity index (χ4n) is 3.77. The molecule has 1 aliphatic carbocycles. The van der Waals surface area contributed by atoms with E-state index in [2.05, 4.69) is 9.64 Å². The van der Waals surface area contributed by atoms with E-state index in [4.69, 9.17) is 5.73 Å². The van der Waals surface area contributed by atoms with E-state index >= 15 is 0 Å². The quantitative estimate of drug-likeness (QED) is 0.928. The fourth-order valence-corrected chi connectivity index (χ4v) is 3.77. The van der Waals surface area contributed by atoms with Crippen LogP contribution in [0, 0.1) is 11.8 Å². The SMILES string of the molecule is NC1CCCC2CN(Cc3ccc(OC(F)F)cc3)CC12. The molecule has 5 heteroatoms. The van der Waals surface area contributed by atoms with Crippen LogP contribution in [0.25, 0.3) is 0 Å². The lowest BCUT2D eigenvalue weighted by atomic mass is 9.78. The van der Waals surface area contributed by atoms with Gasteiger partial charge in [0.05, 0.1) is 0 Å². The van der Waals surface area contributed by atoms with Crippen LogP contribution in [0.2, 0.25) is 0 Å². The standard InChI is InChI=1S/C16H22F2N2O/c17-16(18)21-13-6-4-11(5-7-13)8-20-9-12-2-1-3-15(19)14(12)10-20/h4-7,12,14-16H,1-3,8-10,19H2. The number of hydrogen-bond donors (Lipinski definition) is 1. The fraction of sp³-hybridized carbons (Fsp3) is 0.625. The number of hydrogen-bond acceptors (Lipinski definition) is 3. The van der Waals surface area contributed by atoms with Crippen molar-refractivity contribution in [3.8, 4) is 5.75 Å². The summed E-state index contributed by atoms with van der Waals surface area (Å²) in [5, 5.41) is 0. The second kappa shape index (κ2) is 6.28. The maximum Gasteiger partial charge on any atom is 0.387 e. The van der Waals surface area contributed by atoms with E-state index < -0.39 is 6.61 Å². The van der Waals surface area contributed by atoms with Gasteiger partial charge in [0.1, 0.15) is 5.75 Å². The van der Waals surface area contributed by atoms with Crippen LogP contribution in [0.5, 0.6) is 5.75 Å². The second-order valence-electron chi connectivity index (χ2n) is 6.24. The lowest BCUT2D eigenvalue weighted by molar-refractivity contribution is -0.0498. The zero-order valence-electron chi connectivity index (χ0n) is 12.1. The zero-order chi connectivity index (χ0) is 14.8. The maximum atomic E-state index is 12.1. The lowest BCUT2D eigenvalue weighted by Gasteiger charge is -2.29. The normalized spacial score (nSPS) is 29.6. The summed E-state index contributed by atoms with van der Waals surface area (Å²) < 4.78 is 28.6. The van der Waals surface area contributed by atoms with Crippen LogP contribution in [0.1, 0.15) is 24.8 Å². The Kier molecular flexibility index (Phi) is 4.40. The molecule has 1 saturated carbocycles. The molecule has 0 aromatic heterocycles. The molecule has 2 fully saturated rings. The summed E-state index contributed by atoms with van der Waals surface area (Å²) in [5.74, 6) is 1.57. The first-order chi connectivity index (χ1) is 10.1. The number of halogens is 2. The van der Waals surface area contributed by atoms with Gasteiger partial charge in [-0.25, -0.2) is 0 Å². The van der Waals surface area contributed by atoms with Gasteiger partial charge in [0, 0.05) is 25.7 Å². The van der Waals surface area contributed by atoms with E-state index in [1.807, 2.05) is 12.1 Å². The van der Waals surface area contributed by atoms with E-state index in [0.29, 0.717) is 12.0 Å². The van der Waals surface area contributed by atoms with Gasteiger partial charge in [-0.05, 0) is 42.4 Å². The summed E-state index contributed by atoms with van der Waals surface area (Å²) >= 11 is 0. The molecule has 1 aromatic rings. The van der Waals surface area contributed by atoms with Crippen molar-refractivity contribution in [2.45, 2.75) is 38.5 Å². The number of ether oxygens (including phenoxy) is 1. The van der Waals surface area contributed by atoms with Crippen LogP contribution in [0.15, 0.2) is 24.3 Å². The molecule has 0 bridgehead atoms. The van der Waals surface area contributed by atoms with Gasteiger partial charge in [0.25, 0.3) is 0 Å². The highest BCUT2D eigenvalue weighted by atomic mass is 19.3. The summed E-state index contributed by atoms with van der Waals surface area (Å²) in [6, 6.07) is 7.28. The second-order valence-corrected chi connectivity index (χ2v) is 6.24. The lowest BCUT2D eigenvalue weighted by Crippen LogP contribution is -2.38. The number of nitrogens with zero attached hydrogens (tertiary/aromatic N) is 1. The summed E-state index contributed by atoms with van der Waals surface area (Å²) in [6.45, 7) is 0.253. The third-order valence-corrected chi connectivity index (χ3v) is 4.78. The monoisotopic (exact) mass is 296 g/mol. The predicted molar refractivity (Wildman–Crippen MR) is 77.2 cm³/mol. The van der Waals surface area contributed by atoms with Gasteiger partial charge in [0.2, 0.25) is 0 Å². The Hall–Kier alpha value is -1.20. The van der Waals surface area contributed by atoms with Crippen LogP contribution in [-0.4, -0.2) is 30.6 Å². The number of fused-ring (bicyclic) bond motifs is 1. The molecule has 0 radical (unpaired) electrons. The molecular formula is C16H22F2N2O. The minimum atomic E-state index is -2.76. The Morgan fingerprint density at radius 1 is 1.19 bits per heavy atom. The van der Waals surface area contributed by atoms with E-state index in [1.165, 1.54) is 12.8 Å². The average Bonchev–Trinajstić information content (AvgIpc) is 2.84. The topological polar surface area (TPSA) is 38.5 Å². The van der Waals surface area contributed by atoms with Crippen LogP contribution in [0.4, 0.5) is 8.78 Å². The van der Waals surface area contributed by atoms with Gasteiger partial charge in [0.15, 0.2) is 0 Å². The van der Waals surface area contributed by atoms with Crippen molar-refractivity contribution in [1.29, 1.82) is 0 Å². The molecule has 1 aromatic carbocycles. The highest BCUT2D eigenvalue weighted by Gasteiger charge is 2.38. The molecule has 1 saturated heterocycles. The number of alkyl halides is 2. The number of nitrogens with two attached hydrogens (primary N) is 1. The average molecular weight is 296 g/mol. The molecule has 116 valence electrons. The molecular weight excluding hydrogens is 274 g/mol. The van der Waals surface area contributed by atoms with Gasteiger partial charge in [-0.3, -0.25) is 4.90 Å². The zero-order valence-corrected chi connectivity index (χ0v) is 12.1. The minimum absolute atomic E-state index is 0.214. The van der Waals surface area contributed by atoms with E-state index in [0.717, 1.165) is 37.5 Å². The van der Waals surface area contributed by atoms with E-state index in [-0.39, 0.29) is 5.75 Å². The predicted octanol–water partition coefficient (Wildman–Crippen LogP) is 2.85. The van der Waals surface area contributed by atoms with Gasteiger partial charge in [-0.15, -0.1) is 0 Å². The summed E-state index contributed by atoms with van der Waals surface area (Å²) in [4.78, 5) is 2.43. The highest BCUT2D eigenvalue weighted by Crippen LogP contribution is 2.36. The Labute approximate surface area is 124 Å². The Bertz CT molecular complexity index is 466. The van der Waals surface area contributed by atoms with Gasteiger partial charge in [-0.1, -0.05) is 18.6 Å². The van der Waals surface area contributed by atoms with Crippen LogP contribution < -0.4 is 10.5 Å². The third-order valence-electron chi connectivity index (χ3n) is 4.78. The number of likely N-dealkylation sites (tertiary alicyclic amines) is 1. The molecule has 0 amide bonds. The van der Waals surface area contributed by atoms with Crippen molar-refractivity contribution in [3.63, 3.8) is 0 Å². The first-order valence-corrected chi connectivity index (χ1v) is 7.63. The van der Waals surface area contributed by atoms with Crippen LogP contribution in [-0.2, 0) is 6.54 Å². The molecule has 2 N–H and O–H groups in total. The molecule has 2 aliphatic rings. The smallest absolute Gasteiger partial charge is 0.387 e. The molecule has 1 aliphatic heterocycles. The van der Waals surface area contributed by atoms with Crippen molar-refractivity contribution in [2.75, 3.05) is 13.1 Å². The first-order valence-electron chi connectivity index (χ1n) is 7.63. The van der Waals surface area contributed by atoms with Crippen molar-refractivity contribution in [1.82, 2.24) is 4.90 Å². The Morgan fingerprint density at radius 2 is 1.95 bits per heavy atom. The van der Waals surface area contributed by atoms with Gasteiger partial charge >= 0.3 is 6.61 Å². The molecule has 3 rings (SSSR count). The summed E-state index contributed by atoms with van der Waals surface area (Å²) in [5.41, 5.74) is 7.36. The molecule has 3 nitrogen and oxygen atoms in total. The van der Waals surface area contributed by atoms with Crippen molar-refractivity contribution in [3.05, 3.63) is 29.8 Å². The van der Waals surface area contributed by atoms with Gasteiger partial charge < -0.3 is 10.5 Å². The first kappa shape index (κ1) is 14.7. The molecule has 3 atom stereocenters. The largest absolute Gasteiger partial charge is 0.435 e.